The maximum atomic E-state index is 13.8. The summed E-state index contributed by atoms with van der Waals surface area (Å²) in [6, 6.07) is 9.29. The molecule has 0 aliphatic carbocycles. The Morgan fingerprint density at radius 1 is 1.26 bits per heavy atom. The van der Waals surface area contributed by atoms with Gasteiger partial charge >= 0.3 is 0 Å². The number of halogens is 1. The van der Waals surface area contributed by atoms with Gasteiger partial charge < -0.3 is 9.47 Å². The molecule has 3 rings (SSSR count). The smallest absolute Gasteiger partial charge is 0.266 e. The van der Waals surface area contributed by atoms with Crippen molar-refractivity contribution in [2.45, 2.75) is 32.1 Å². The fourth-order valence-corrected chi connectivity index (χ4v) is 2.53. The Hall–Kier alpha value is -2.05. The van der Waals surface area contributed by atoms with Gasteiger partial charge in [0.15, 0.2) is 6.29 Å². The van der Waals surface area contributed by atoms with E-state index in [1.54, 1.807) is 18.2 Å². The summed E-state index contributed by atoms with van der Waals surface area (Å²) in [6.45, 7) is 1.35. The Bertz CT molecular complexity index is 711. The van der Waals surface area contributed by atoms with Crippen molar-refractivity contribution >= 4 is 0 Å². The SMILES string of the molecule is O=c1ccc(-c2ccccc2F)nn1CCOC1CCCCO1. The Morgan fingerprint density at radius 3 is 2.91 bits per heavy atom. The van der Waals surface area contributed by atoms with Crippen LogP contribution in [0.4, 0.5) is 4.39 Å². The summed E-state index contributed by atoms with van der Waals surface area (Å²) in [4.78, 5) is 11.9. The zero-order valence-electron chi connectivity index (χ0n) is 12.8. The summed E-state index contributed by atoms with van der Waals surface area (Å²) in [5, 5.41) is 4.23. The lowest BCUT2D eigenvalue weighted by Gasteiger charge is -2.22. The van der Waals surface area contributed by atoms with Crippen LogP contribution >= 0.6 is 0 Å². The first kappa shape index (κ1) is 15.8. The molecule has 122 valence electrons. The van der Waals surface area contributed by atoms with Crippen LogP contribution in [-0.4, -0.2) is 29.3 Å². The fraction of sp³-hybridized carbons (Fsp3) is 0.412. The number of hydrogen-bond acceptors (Lipinski definition) is 4. The van der Waals surface area contributed by atoms with E-state index in [9.17, 15) is 9.18 Å². The normalized spacial score (nSPS) is 18.0. The third-order valence-corrected chi connectivity index (χ3v) is 3.76. The van der Waals surface area contributed by atoms with Gasteiger partial charge in [0.05, 0.1) is 18.8 Å². The molecule has 23 heavy (non-hydrogen) atoms. The largest absolute Gasteiger partial charge is 0.353 e. The van der Waals surface area contributed by atoms with Gasteiger partial charge in [-0.05, 0) is 37.5 Å². The van der Waals surface area contributed by atoms with Crippen LogP contribution in [0.3, 0.4) is 0 Å². The molecule has 0 N–H and O–H groups in total. The van der Waals surface area contributed by atoms with E-state index in [0.717, 1.165) is 19.3 Å². The number of benzene rings is 1. The van der Waals surface area contributed by atoms with Crippen molar-refractivity contribution in [1.29, 1.82) is 0 Å². The van der Waals surface area contributed by atoms with E-state index < -0.39 is 0 Å². The van der Waals surface area contributed by atoms with Gasteiger partial charge in [0, 0.05) is 18.2 Å². The number of nitrogens with zero attached hydrogens (tertiary/aromatic N) is 2. The van der Waals surface area contributed by atoms with Crippen molar-refractivity contribution in [1.82, 2.24) is 9.78 Å². The molecule has 0 bridgehead atoms. The molecule has 1 saturated heterocycles. The van der Waals surface area contributed by atoms with Gasteiger partial charge in [-0.2, -0.15) is 5.10 Å². The predicted molar refractivity (Wildman–Crippen MR) is 83.4 cm³/mol. The van der Waals surface area contributed by atoms with Gasteiger partial charge in [0.1, 0.15) is 5.82 Å². The number of ether oxygens (including phenoxy) is 2. The summed E-state index contributed by atoms with van der Waals surface area (Å²) in [7, 11) is 0. The van der Waals surface area contributed by atoms with E-state index >= 15 is 0 Å². The first-order valence-electron chi connectivity index (χ1n) is 7.80. The van der Waals surface area contributed by atoms with Crippen molar-refractivity contribution in [3.8, 4) is 11.3 Å². The standard InChI is InChI=1S/C17H19FN2O3/c18-14-6-2-1-5-13(14)15-8-9-16(21)20(19-15)10-12-23-17-7-3-4-11-22-17/h1-2,5-6,8-9,17H,3-4,7,10-12H2. The van der Waals surface area contributed by atoms with Crippen LogP contribution in [0.15, 0.2) is 41.2 Å². The summed E-state index contributed by atoms with van der Waals surface area (Å²) in [5.74, 6) is -0.364. The predicted octanol–water partition coefficient (Wildman–Crippen LogP) is 2.59. The lowest BCUT2D eigenvalue weighted by Crippen LogP contribution is -2.28. The Labute approximate surface area is 133 Å². The van der Waals surface area contributed by atoms with Crippen LogP contribution in [0.5, 0.6) is 0 Å². The van der Waals surface area contributed by atoms with Gasteiger partial charge in [-0.25, -0.2) is 9.07 Å². The molecule has 0 saturated carbocycles. The Morgan fingerprint density at radius 2 is 2.13 bits per heavy atom. The summed E-state index contributed by atoms with van der Waals surface area (Å²) >= 11 is 0. The van der Waals surface area contributed by atoms with Crippen LogP contribution in [0.25, 0.3) is 11.3 Å². The van der Waals surface area contributed by atoms with Crippen LogP contribution in [0.1, 0.15) is 19.3 Å². The fourth-order valence-electron chi connectivity index (χ4n) is 2.53. The molecule has 1 aromatic carbocycles. The monoisotopic (exact) mass is 318 g/mol. The van der Waals surface area contributed by atoms with Crippen molar-refractivity contribution in [3.05, 3.63) is 52.6 Å². The number of rotatable bonds is 5. The highest BCUT2D eigenvalue weighted by atomic mass is 19.1. The van der Waals surface area contributed by atoms with E-state index in [1.165, 1.54) is 22.9 Å². The molecule has 0 spiro atoms. The van der Waals surface area contributed by atoms with Crippen LogP contribution in [0.2, 0.25) is 0 Å². The number of hydrogen-bond donors (Lipinski definition) is 0. The molecule has 0 radical (unpaired) electrons. The molecule has 1 aromatic heterocycles. The van der Waals surface area contributed by atoms with E-state index in [0.29, 0.717) is 31.0 Å². The van der Waals surface area contributed by atoms with Crippen molar-refractivity contribution in [2.75, 3.05) is 13.2 Å². The highest BCUT2D eigenvalue weighted by Gasteiger charge is 2.14. The molecule has 1 aliphatic rings. The van der Waals surface area contributed by atoms with Crippen LogP contribution in [-0.2, 0) is 16.0 Å². The minimum atomic E-state index is -0.364. The van der Waals surface area contributed by atoms with Crippen LogP contribution in [0, 0.1) is 5.82 Å². The number of aromatic nitrogens is 2. The molecule has 6 heteroatoms. The van der Waals surface area contributed by atoms with Gasteiger partial charge in [-0.15, -0.1) is 0 Å². The maximum absolute atomic E-state index is 13.8. The second kappa shape index (κ2) is 7.48. The molecule has 1 atom stereocenters. The lowest BCUT2D eigenvalue weighted by atomic mass is 10.1. The van der Waals surface area contributed by atoms with Gasteiger partial charge in [0.25, 0.3) is 5.56 Å². The molecular formula is C17H19FN2O3. The third-order valence-electron chi connectivity index (χ3n) is 3.76. The van der Waals surface area contributed by atoms with Gasteiger partial charge in [0.2, 0.25) is 0 Å². The topological polar surface area (TPSA) is 53.4 Å². The van der Waals surface area contributed by atoms with Gasteiger partial charge in [-0.3, -0.25) is 4.79 Å². The Balaban J connectivity index is 1.68. The van der Waals surface area contributed by atoms with Crippen molar-refractivity contribution in [2.24, 2.45) is 0 Å². The molecule has 0 amide bonds. The van der Waals surface area contributed by atoms with Gasteiger partial charge in [-0.1, -0.05) is 12.1 Å². The van der Waals surface area contributed by atoms with E-state index in [1.807, 2.05) is 0 Å². The lowest BCUT2D eigenvalue weighted by molar-refractivity contribution is -0.163. The highest BCUT2D eigenvalue weighted by molar-refractivity contribution is 5.58. The second-order valence-corrected chi connectivity index (χ2v) is 5.43. The zero-order valence-corrected chi connectivity index (χ0v) is 12.8. The summed E-state index contributed by atoms with van der Waals surface area (Å²) in [6.07, 6.45) is 2.82. The van der Waals surface area contributed by atoms with E-state index in [-0.39, 0.29) is 17.7 Å². The van der Waals surface area contributed by atoms with E-state index in [2.05, 4.69) is 5.10 Å². The molecule has 5 nitrogen and oxygen atoms in total. The molecule has 1 fully saturated rings. The van der Waals surface area contributed by atoms with Crippen molar-refractivity contribution in [3.63, 3.8) is 0 Å². The third kappa shape index (κ3) is 4.03. The quantitative estimate of drug-likeness (QED) is 0.850. The Kier molecular flexibility index (Phi) is 5.15. The average Bonchev–Trinajstić information content (AvgIpc) is 2.58. The van der Waals surface area contributed by atoms with E-state index in [4.69, 9.17) is 9.47 Å². The second-order valence-electron chi connectivity index (χ2n) is 5.43. The molecule has 1 unspecified atom stereocenters. The summed E-state index contributed by atoms with van der Waals surface area (Å²) < 4.78 is 26.2. The first-order chi connectivity index (χ1) is 11.2. The minimum Gasteiger partial charge on any atom is -0.353 e. The molecule has 2 aromatic rings. The van der Waals surface area contributed by atoms with Crippen LogP contribution < -0.4 is 5.56 Å². The zero-order chi connectivity index (χ0) is 16.1. The summed E-state index contributed by atoms with van der Waals surface area (Å²) in [5.41, 5.74) is 0.563. The van der Waals surface area contributed by atoms with Crippen molar-refractivity contribution < 1.29 is 13.9 Å². The maximum Gasteiger partial charge on any atom is 0.266 e. The highest BCUT2D eigenvalue weighted by Crippen LogP contribution is 2.19. The molecule has 1 aliphatic heterocycles. The average molecular weight is 318 g/mol. The minimum absolute atomic E-state index is 0.200. The molecular weight excluding hydrogens is 299 g/mol. The molecule has 2 heterocycles. The first-order valence-corrected chi connectivity index (χ1v) is 7.80.